The van der Waals surface area contributed by atoms with Gasteiger partial charge in [-0.05, 0) is 24.1 Å². The van der Waals surface area contributed by atoms with E-state index in [9.17, 15) is 4.79 Å². The molecule has 0 aromatic heterocycles. The lowest BCUT2D eigenvalue weighted by Crippen LogP contribution is -2.24. The molecule has 18 heavy (non-hydrogen) atoms. The van der Waals surface area contributed by atoms with Gasteiger partial charge in [0.05, 0.1) is 12.8 Å². The average Bonchev–Trinajstić information content (AvgIpc) is 2.28. The number of rotatable bonds is 4. The van der Waals surface area contributed by atoms with E-state index in [4.69, 9.17) is 16.3 Å². The second kappa shape index (κ2) is 6.91. The highest BCUT2D eigenvalue weighted by atomic mass is 35.5. The molecule has 1 rings (SSSR count). The van der Waals surface area contributed by atoms with Crippen LogP contribution in [0.25, 0.3) is 0 Å². The van der Waals surface area contributed by atoms with E-state index in [1.807, 2.05) is 19.9 Å². The zero-order valence-electron chi connectivity index (χ0n) is 10.7. The highest BCUT2D eigenvalue weighted by molar-refractivity contribution is 6.31. The molecule has 2 N–H and O–H groups in total. The maximum absolute atomic E-state index is 11.6. The Kier molecular flexibility index (Phi) is 5.52. The molecule has 0 radical (unpaired) electrons. The molecule has 0 fully saturated rings. The standard InChI is InChI=1S/C13H17ClN2O2/c1-9(2)6-7-15-13(17)16-11-8-10(14)4-5-12(11)18-3/h4-9H,1-3H3,(H2,15,16,17)/b7-6+. The number of amides is 2. The molecular formula is C13H17ClN2O2. The van der Waals surface area contributed by atoms with E-state index >= 15 is 0 Å². The Labute approximate surface area is 112 Å². The third-order valence-electron chi connectivity index (χ3n) is 2.11. The number of hydrogen-bond donors (Lipinski definition) is 2. The average molecular weight is 269 g/mol. The van der Waals surface area contributed by atoms with Crippen molar-refractivity contribution < 1.29 is 9.53 Å². The van der Waals surface area contributed by atoms with Gasteiger partial charge in [0.1, 0.15) is 5.75 Å². The van der Waals surface area contributed by atoms with E-state index in [0.717, 1.165) is 0 Å². The quantitative estimate of drug-likeness (QED) is 0.876. The third-order valence-corrected chi connectivity index (χ3v) is 2.34. The Hall–Kier alpha value is -1.68. The van der Waals surface area contributed by atoms with Gasteiger partial charge in [-0.2, -0.15) is 0 Å². The summed E-state index contributed by atoms with van der Waals surface area (Å²) in [7, 11) is 1.53. The van der Waals surface area contributed by atoms with E-state index in [1.165, 1.54) is 7.11 Å². The zero-order chi connectivity index (χ0) is 13.5. The van der Waals surface area contributed by atoms with Crippen LogP contribution in [0.15, 0.2) is 30.5 Å². The first-order valence-corrected chi connectivity index (χ1v) is 5.98. The second-order valence-electron chi connectivity index (χ2n) is 4.05. The van der Waals surface area contributed by atoms with Crippen molar-refractivity contribution in [1.29, 1.82) is 0 Å². The molecule has 0 aliphatic rings. The van der Waals surface area contributed by atoms with Crippen LogP contribution in [0.3, 0.4) is 0 Å². The number of carbonyl (C=O) groups is 1. The number of anilines is 1. The molecule has 0 heterocycles. The maximum Gasteiger partial charge on any atom is 0.323 e. The molecule has 98 valence electrons. The fraction of sp³-hybridized carbons (Fsp3) is 0.308. The van der Waals surface area contributed by atoms with Crippen molar-refractivity contribution in [3.8, 4) is 5.75 Å². The molecule has 4 nitrogen and oxygen atoms in total. The summed E-state index contributed by atoms with van der Waals surface area (Å²) in [5.41, 5.74) is 0.528. The Morgan fingerprint density at radius 3 is 2.78 bits per heavy atom. The summed E-state index contributed by atoms with van der Waals surface area (Å²) >= 11 is 5.86. The van der Waals surface area contributed by atoms with Crippen LogP contribution < -0.4 is 15.4 Å². The number of allylic oxidation sites excluding steroid dienone is 1. The first kappa shape index (κ1) is 14.4. The molecule has 0 unspecified atom stereocenters. The van der Waals surface area contributed by atoms with Crippen molar-refractivity contribution in [2.24, 2.45) is 5.92 Å². The van der Waals surface area contributed by atoms with Crippen LogP contribution in [0.1, 0.15) is 13.8 Å². The number of benzene rings is 1. The topological polar surface area (TPSA) is 50.4 Å². The van der Waals surface area contributed by atoms with Gasteiger partial charge in [0.15, 0.2) is 0 Å². The Bertz CT molecular complexity index is 445. The van der Waals surface area contributed by atoms with Gasteiger partial charge in [-0.1, -0.05) is 31.5 Å². The molecule has 0 aliphatic carbocycles. The lowest BCUT2D eigenvalue weighted by atomic mass is 10.2. The first-order valence-electron chi connectivity index (χ1n) is 5.60. The highest BCUT2D eigenvalue weighted by Gasteiger charge is 2.06. The van der Waals surface area contributed by atoms with Gasteiger partial charge in [0, 0.05) is 11.2 Å². The van der Waals surface area contributed by atoms with Crippen molar-refractivity contribution in [2.75, 3.05) is 12.4 Å². The van der Waals surface area contributed by atoms with Gasteiger partial charge >= 0.3 is 6.03 Å². The van der Waals surface area contributed by atoms with Gasteiger partial charge in [-0.15, -0.1) is 0 Å². The summed E-state index contributed by atoms with van der Waals surface area (Å²) in [4.78, 5) is 11.6. The summed E-state index contributed by atoms with van der Waals surface area (Å²) in [6, 6.07) is 4.68. The number of halogens is 1. The van der Waals surface area contributed by atoms with Crippen molar-refractivity contribution in [1.82, 2.24) is 5.32 Å². The van der Waals surface area contributed by atoms with Crippen molar-refractivity contribution >= 4 is 23.3 Å². The van der Waals surface area contributed by atoms with Crippen molar-refractivity contribution in [2.45, 2.75) is 13.8 Å². The molecule has 1 aromatic carbocycles. The summed E-state index contributed by atoms with van der Waals surface area (Å²) in [6.45, 7) is 4.05. The minimum atomic E-state index is -0.340. The fourth-order valence-electron chi connectivity index (χ4n) is 1.25. The number of nitrogens with one attached hydrogen (secondary N) is 2. The monoisotopic (exact) mass is 268 g/mol. The van der Waals surface area contributed by atoms with Crippen molar-refractivity contribution in [3.05, 3.63) is 35.5 Å². The van der Waals surface area contributed by atoms with Crippen LogP contribution in [0.5, 0.6) is 5.75 Å². The largest absolute Gasteiger partial charge is 0.495 e. The molecule has 1 aromatic rings. The molecular weight excluding hydrogens is 252 g/mol. The summed E-state index contributed by atoms with van der Waals surface area (Å²) < 4.78 is 5.12. The Morgan fingerprint density at radius 2 is 2.17 bits per heavy atom. The van der Waals surface area contributed by atoms with Crippen LogP contribution in [0.4, 0.5) is 10.5 Å². The Balaban J connectivity index is 2.66. The SMILES string of the molecule is COc1ccc(Cl)cc1NC(=O)N/C=C/C(C)C. The molecule has 0 aliphatic heterocycles. The molecule has 0 spiro atoms. The summed E-state index contributed by atoms with van der Waals surface area (Å²) in [6.07, 6.45) is 3.49. The van der Waals surface area contributed by atoms with Crippen LogP contribution in [0.2, 0.25) is 5.02 Å². The number of urea groups is 1. The zero-order valence-corrected chi connectivity index (χ0v) is 11.4. The second-order valence-corrected chi connectivity index (χ2v) is 4.48. The molecule has 5 heteroatoms. The number of methoxy groups -OCH3 is 1. The van der Waals surface area contributed by atoms with Crippen LogP contribution >= 0.6 is 11.6 Å². The van der Waals surface area contributed by atoms with E-state index < -0.39 is 0 Å². The predicted octanol–water partition coefficient (Wildman–Crippen LogP) is 3.64. The number of hydrogen-bond acceptors (Lipinski definition) is 2. The van der Waals surface area contributed by atoms with Crippen molar-refractivity contribution in [3.63, 3.8) is 0 Å². The smallest absolute Gasteiger partial charge is 0.323 e. The Morgan fingerprint density at radius 1 is 1.44 bits per heavy atom. The predicted molar refractivity (Wildman–Crippen MR) is 74.1 cm³/mol. The molecule has 0 saturated heterocycles. The van der Waals surface area contributed by atoms with E-state index in [2.05, 4.69) is 10.6 Å². The minimum absolute atomic E-state index is 0.340. The van der Waals surface area contributed by atoms with Gasteiger partial charge < -0.3 is 15.4 Å². The van der Waals surface area contributed by atoms with Gasteiger partial charge in [0.25, 0.3) is 0 Å². The maximum atomic E-state index is 11.6. The van der Waals surface area contributed by atoms with Gasteiger partial charge in [-0.25, -0.2) is 4.79 Å². The van der Waals surface area contributed by atoms with E-state index in [0.29, 0.717) is 22.4 Å². The highest BCUT2D eigenvalue weighted by Crippen LogP contribution is 2.27. The lowest BCUT2D eigenvalue weighted by molar-refractivity contribution is 0.255. The van der Waals surface area contributed by atoms with E-state index in [1.54, 1.807) is 24.4 Å². The minimum Gasteiger partial charge on any atom is -0.495 e. The first-order chi connectivity index (χ1) is 8.52. The van der Waals surface area contributed by atoms with E-state index in [-0.39, 0.29) is 6.03 Å². The lowest BCUT2D eigenvalue weighted by Gasteiger charge is -2.10. The number of ether oxygens (including phenoxy) is 1. The van der Waals surface area contributed by atoms with Crippen LogP contribution in [0, 0.1) is 5.92 Å². The molecule has 2 amide bonds. The van der Waals surface area contributed by atoms with Crippen LogP contribution in [-0.2, 0) is 0 Å². The number of carbonyl (C=O) groups excluding carboxylic acids is 1. The van der Waals surface area contributed by atoms with Gasteiger partial charge in [0.2, 0.25) is 0 Å². The van der Waals surface area contributed by atoms with Gasteiger partial charge in [-0.3, -0.25) is 0 Å². The third kappa shape index (κ3) is 4.67. The molecule has 0 atom stereocenters. The molecule has 0 bridgehead atoms. The summed E-state index contributed by atoms with van der Waals surface area (Å²) in [5, 5.41) is 5.80. The van der Waals surface area contributed by atoms with Crippen LogP contribution in [-0.4, -0.2) is 13.1 Å². The molecule has 0 saturated carbocycles. The fourth-order valence-corrected chi connectivity index (χ4v) is 1.42. The summed E-state index contributed by atoms with van der Waals surface area (Å²) in [5.74, 6) is 0.938. The normalized spacial score (nSPS) is 10.7.